The molecule has 0 aromatic carbocycles. The lowest BCUT2D eigenvalue weighted by atomic mass is 9.79. The zero-order valence-corrected chi connectivity index (χ0v) is 12.0. The van der Waals surface area contributed by atoms with Crippen molar-refractivity contribution >= 4 is 13.4 Å². The summed E-state index contributed by atoms with van der Waals surface area (Å²) in [7, 11) is 1.70. The molecular weight excluding hydrogens is 229 g/mol. The van der Waals surface area contributed by atoms with Gasteiger partial charge in [0.25, 0.3) is 0 Å². The highest BCUT2D eigenvalue weighted by atomic mass is 16.5. The highest BCUT2D eigenvalue weighted by Gasteiger charge is 2.36. The Kier molecular flexibility index (Phi) is 4.62. The number of rotatable bonds is 4. The molecule has 0 aliphatic carbocycles. The Hall–Kier alpha value is -0.805. The molecule has 0 aromatic heterocycles. The molecule has 0 bridgehead atoms. The van der Waals surface area contributed by atoms with Crippen LogP contribution >= 0.6 is 0 Å². The van der Waals surface area contributed by atoms with Crippen molar-refractivity contribution in [3.8, 4) is 0 Å². The minimum Gasteiger partial charge on any atom is -0.427 e. The van der Waals surface area contributed by atoms with Crippen molar-refractivity contribution in [1.29, 1.82) is 0 Å². The van der Waals surface area contributed by atoms with Crippen molar-refractivity contribution in [2.45, 2.75) is 52.2 Å². The van der Waals surface area contributed by atoms with Crippen molar-refractivity contribution in [3.05, 3.63) is 11.5 Å². The predicted molar refractivity (Wildman–Crippen MR) is 72.2 cm³/mol. The first-order valence-electron chi connectivity index (χ1n) is 6.31. The fourth-order valence-electron chi connectivity index (χ4n) is 1.45. The number of hydrogen-bond acceptors (Lipinski definition) is 3. The first-order chi connectivity index (χ1) is 8.13. The van der Waals surface area contributed by atoms with Crippen molar-refractivity contribution in [1.82, 2.24) is 4.90 Å². The van der Waals surface area contributed by atoms with Crippen LogP contribution in [0.5, 0.6) is 0 Å². The number of nitrogens with zero attached hydrogens (tertiary/aromatic N) is 1. The molecule has 0 aromatic rings. The van der Waals surface area contributed by atoms with E-state index in [9.17, 15) is 9.90 Å². The highest BCUT2D eigenvalue weighted by molar-refractivity contribution is 6.38. The van der Waals surface area contributed by atoms with Gasteiger partial charge in [0.1, 0.15) is 0 Å². The van der Waals surface area contributed by atoms with E-state index in [0.29, 0.717) is 6.54 Å². The Bertz CT molecular complexity index is 345. The van der Waals surface area contributed by atoms with Gasteiger partial charge in [0.05, 0.1) is 11.2 Å². The van der Waals surface area contributed by atoms with Gasteiger partial charge in [-0.2, -0.15) is 0 Å². The maximum atomic E-state index is 11.2. The molecule has 0 atom stereocenters. The maximum Gasteiger partial charge on any atom is 0.326 e. The maximum absolute atomic E-state index is 11.2. The van der Waals surface area contributed by atoms with E-state index in [1.54, 1.807) is 33.2 Å². The third-order valence-corrected chi connectivity index (χ3v) is 3.67. The lowest BCUT2D eigenvalue weighted by Crippen LogP contribution is -2.48. The van der Waals surface area contributed by atoms with Crippen LogP contribution in [-0.4, -0.2) is 47.7 Å². The van der Waals surface area contributed by atoms with Gasteiger partial charge in [0.15, 0.2) is 0 Å². The first-order valence-corrected chi connectivity index (χ1v) is 6.31. The number of amides is 1. The van der Waals surface area contributed by atoms with E-state index in [2.05, 4.69) is 0 Å². The summed E-state index contributed by atoms with van der Waals surface area (Å²) in [6.45, 7) is 10.1. The van der Waals surface area contributed by atoms with Gasteiger partial charge in [-0.25, -0.2) is 0 Å². The molecule has 1 amide bonds. The molecule has 0 spiro atoms. The van der Waals surface area contributed by atoms with E-state index < -0.39 is 11.2 Å². The second-order valence-electron chi connectivity index (χ2n) is 5.80. The van der Waals surface area contributed by atoms with Crippen LogP contribution < -0.4 is 0 Å². The van der Waals surface area contributed by atoms with Gasteiger partial charge in [0, 0.05) is 20.0 Å². The van der Waals surface area contributed by atoms with E-state index in [0.717, 1.165) is 18.4 Å². The summed E-state index contributed by atoms with van der Waals surface area (Å²) in [5.74, 6) is 0.100. The molecule has 1 rings (SSSR count). The molecule has 0 fully saturated rings. The summed E-state index contributed by atoms with van der Waals surface area (Å²) in [5, 5.41) is 9.97. The minimum atomic E-state index is -0.913. The molecule has 0 saturated carbocycles. The number of carbonyl (C=O) groups excluding carboxylic acids is 1. The van der Waals surface area contributed by atoms with Crippen LogP contribution in [0.1, 0.15) is 41.0 Å². The van der Waals surface area contributed by atoms with Crippen molar-refractivity contribution < 1.29 is 14.6 Å². The van der Waals surface area contributed by atoms with Crippen LogP contribution in [0.3, 0.4) is 0 Å². The molecule has 4 nitrogen and oxygen atoms in total. The molecule has 1 N–H and O–H groups in total. The largest absolute Gasteiger partial charge is 0.427 e. The second kappa shape index (κ2) is 5.45. The van der Waals surface area contributed by atoms with Gasteiger partial charge < -0.3 is 14.7 Å². The average molecular weight is 252 g/mol. The normalized spacial score (nSPS) is 17.4. The number of hydrogen-bond donors (Lipinski definition) is 1. The fourth-order valence-corrected chi connectivity index (χ4v) is 1.45. The third kappa shape index (κ3) is 3.85. The summed E-state index contributed by atoms with van der Waals surface area (Å²) < 4.78 is 5.68. The standard InChI is InChI=1S/C13H23BNO3/c1-10(16)15-8-6-11(7-9-15)14-18-13(4,5)12(2,3)17/h6,17H,7-9H2,1-5H3. The summed E-state index contributed by atoms with van der Waals surface area (Å²) in [5.41, 5.74) is -0.486. The van der Waals surface area contributed by atoms with Crippen LogP contribution in [0.4, 0.5) is 0 Å². The van der Waals surface area contributed by atoms with Gasteiger partial charge in [-0.05, 0) is 34.1 Å². The zero-order chi connectivity index (χ0) is 14.0. The molecular formula is C13H23BNO3. The monoisotopic (exact) mass is 252 g/mol. The summed E-state index contributed by atoms with van der Waals surface area (Å²) in [6, 6.07) is 0. The van der Waals surface area contributed by atoms with Crippen molar-refractivity contribution in [3.63, 3.8) is 0 Å². The molecule has 101 valence electrons. The molecule has 0 saturated heterocycles. The Morgan fingerprint density at radius 3 is 2.44 bits per heavy atom. The summed E-state index contributed by atoms with van der Waals surface area (Å²) in [6.07, 6.45) is 2.78. The van der Waals surface area contributed by atoms with E-state index in [1.807, 2.05) is 19.9 Å². The van der Waals surface area contributed by atoms with Gasteiger partial charge >= 0.3 is 7.48 Å². The SMILES string of the molecule is CC(=O)N1CC=C([B]OC(C)(C)C(C)(C)O)CC1. The second-order valence-corrected chi connectivity index (χ2v) is 5.80. The lowest BCUT2D eigenvalue weighted by molar-refractivity contribution is -0.128. The van der Waals surface area contributed by atoms with Gasteiger partial charge in [-0.15, -0.1) is 0 Å². The molecule has 1 aliphatic rings. The predicted octanol–water partition coefficient (Wildman–Crippen LogP) is 1.31. The fraction of sp³-hybridized carbons (Fsp3) is 0.769. The average Bonchev–Trinajstić information content (AvgIpc) is 2.25. The Morgan fingerprint density at radius 1 is 1.44 bits per heavy atom. The van der Waals surface area contributed by atoms with Crippen LogP contribution in [0, 0.1) is 0 Å². The lowest BCUT2D eigenvalue weighted by Gasteiger charge is -2.38. The molecule has 5 heteroatoms. The molecule has 1 heterocycles. The van der Waals surface area contributed by atoms with E-state index in [4.69, 9.17) is 4.65 Å². The Balaban J connectivity index is 2.49. The van der Waals surface area contributed by atoms with Gasteiger partial charge in [-0.1, -0.05) is 11.5 Å². The van der Waals surface area contributed by atoms with Crippen LogP contribution in [-0.2, 0) is 9.45 Å². The van der Waals surface area contributed by atoms with E-state index >= 15 is 0 Å². The number of carbonyl (C=O) groups is 1. The van der Waals surface area contributed by atoms with E-state index in [-0.39, 0.29) is 5.91 Å². The van der Waals surface area contributed by atoms with Crippen molar-refractivity contribution in [2.75, 3.05) is 13.1 Å². The topological polar surface area (TPSA) is 49.8 Å². The van der Waals surface area contributed by atoms with Gasteiger partial charge in [0.2, 0.25) is 5.91 Å². The molecule has 18 heavy (non-hydrogen) atoms. The first kappa shape index (κ1) is 15.3. The van der Waals surface area contributed by atoms with Crippen LogP contribution in [0.15, 0.2) is 11.5 Å². The smallest absolute Gasteiger partial charge is 0.326 e. The Morgan fingerprint density at radius 2 is 2.06 bits per heavy atom. The van der Waals surface area contributed by atoms with Crippen LogP contribution in [0.2, 0.25) is 0 Å². The molecule has 0 unspecified atom stereocenters. The zero-order valence-electron chi connectivity index (χ0n) is 12.0. The number of aliphatic hydroxyl groups is 1. The Labute approximate surface area is 110 Å². The van der Waals surface area contributed by atoms with Crippen LogP contribution in [0.25, 0.3) is 0 Å². The minimum absolute atomic E-state index is 0.100. The molecule has 1 radical (unpaired) electrons. The summed E-state index contributed by atoms with van der Waals surface area (Å²) in [4.78, 5) is 13.0. The quantitative estimate of drug-likeness (QED) is 0.767. The highest BCUT2D eigenvalue weighted by Crippen LogP contribution is 2.25. The summed E-state index contributed by atoms with van der Waals surface area (Å²) >= 11 is 0. The molecule has 1 aliphatic heterocycles. The van der Waals surface area contributed by atoms with Crippen molar-refractivity contribution in [2.24, 2.45) is 0 Å². The van der Waals surface area contributed by atoms with E-state index in [1.165, 1.54) is 0 Å². The third-order valence-electron chi connectivity index (χ3n) is 3.67. The van der Waals surface area contributed by atoms with Gasteiger partial charge in [-0.3, -0.25) is 4.79 Å².